The summed E-state index contributed by atoms with van der Waals surface area (Å²) in [6, 6.07) is 14.1. The monoisotopic (exact) mass is 591 g/mol. The number of nitrogens with zero attached hydrogens (tertiary/aromatic N) is 1. The standard InChI is InChI=1S/C27H29NO8S3/c1-32-21-14-17(11-20(28(30)31)25(21)36-9-10-37-19-7-5-18(29)6-8-19)27-38-15-24(39-27)16-12-22(33-2)26(35-4)23(13-16)34-3/h5-8,11-14,24,27,29H,9-10,15H2,1-4H3/t24-,27+/m1/s1. The predicted molar refractivity (Wildman–Crippen MR) is 156 cm³/mol. The second-order valence-corrected chi connectivity index (χ2v) is 12.2. The largest absolute Gasteiger partial charge is 0.508 e. The molecule has 3 aromatic rings. The van der Waals surface area contributed by atoms with Gasteiger partial charge in [-0.05, 0) is 53.6 Å². The van der Waals surface area contributed by atoms with Crippen LogP contribution in [-0.2, 0) is 0 Å². The normalized spacial score (nSPS) is 16.5. The van der Waals surface area contributed by atoms with Gasteiger partial charge in [0.2, 0.25) is 11.5 Å². The van der Waals surface area contributed by atoms with Crippen molar-refractivity contribution >= 4 is 41.0 Å². The number of phenolic OH excluding ortho intramolecular Hbond substituents is 1. The molecule has 0 spiro atoms. The zero-order chi connectivity index (χ0) is 27.9. The molecule has 1 aliphatic rings. The van der Waals surface area contributed by atoms with E-state index >= 15 is 0 Å². The van der Waals surface area contributed by atoms with E-state index in [1.54, 1.807) is 75.2 Å². The summed E-state index contributed by atoms with van der Waals surface area (Å²) >= 11 is 4.94. The molecule has 0 amide bonds. The van der Waals surface area contributed by atoms with Crippen LogP contribution in [0.5, 0.6) is 34.5 Å². The van der Waals surface area contributed by atoms with Gasteiger partial charge in [-0.1, -0.05) is 0 Å². The van der Waals surface area contributed by atoms with Crippen molar-refractivity contribution in [2.24, 2.45) is 0 Å². The van der Waals surface area contributed by atoms with Crippen molar-refractivity contribution < 1.29 is 33.7 Å². The van der Waals surface area contributed by atoms with Gasteiger partial charge in [-0.3, -0.25) is 10.1 Å². The Labute approximate surface area is 239 Å². The van der Waals surface area contributed by atoms with Crippen LogP contribution in [0.2, 0.25) is 0 Å². The summed E-state index contributed by atoms with van der Waals surface area (Å²) in [5.74, 6) is 3.72. The zero-order valence-corrected chi connectivity index (χ0v) is 24.3. The second-order valence-electron chi connectivity index (χ2n) is 8.27. The van der Waals surface area contributed by atoms with Gasteiger partial charge in [-0.15, -0.1) is 35.3 Å². The lowest BCUT2D eigenvalue weighted by Crippen LogP contribution is -2.05. The van der Waals surface area contributed by atoms with Crippen LogP contribution >= 0.6 is 35.3 Å². The maximum absolute atomic E-state index is 12.0. The quantitative estimate of drug-likeness (QED) is 0.105. The Kier molecular flexibility index (Phi) is 9.87. The van der Waals surface area contributed by atoms with Crippen molar-refractivity contribution in [2.45, 2.75) is 14.7 Å². The first kappa shape index (κ1) is 28.9. The molecular weight excluding hydrogens is 562 g/mol. The molecule has 0 aromatic heterocycles. The Morgan fingerprint density at radius 2 is 1.54 bits per heavy atom. The topological polar surface area (TPSA) is 110 Å². The minimum Gasteiger partial charge on any atom is -0.508 e. The van der Waals surface area contributed by atoms with E-state index in [0.29, 0.717) is 28.8 Å². The number of benzene rings is 3. The van der Waals surface area contributed by atoms with E-state index in [0.717, 1.165) is 21.8 Å². The first-order valence-corrected chi connectivity index (χ1v) is 14.8. The molecule has 3 aromatic carbocycles. The van der Waals surface area contributed by atoms with Crippen molar-refractivity contribution in [1.29, 1.82) is 0 Å². The number of hydrogen-bond donors (Lipinski definition) is 1. The Hall–Kier alpha value is -3.09. The van der Waals surface area contributed by atoms with Gasteiger partial charge in [0.05, 0.1) is 44.6 Å². The highest BCUT2D eigenvalue weighted by Crippen LogP contribution is 2.58. The summed E-state index contributed by atoms with van der Waals surface area (Å²) in [6.45, 7) is 0.248. The number of hydrogen-bond acceptors (Lipinski definition) is 11. The number of phenols is 1. The smallest absolute Gasteiger partial charge is 0.315 e. The van der Waals surface area contributed by atoms with E-state index in [1.807, 2.05) is 18.2 Å². The van der Waals surface area contributed by atoms with E-state index in [2.05, 4.69) is 0 Å². The average Bonchev–Trinajstić information content (AvgIpc) is 3.45. The molecule has 0 radical (unpaired) electrons. The van der Waals surface area contributed by atoms with E-state index in [1.165, 1.54) is 18.9 Å². The first-order chi connectivity index (χ1) is 18.9. The second kappa shape index (κ2) is 13.3. The molecule has 1 fully saturated rings. The lowest BCUT2D eigenvalue weighted by atomic mass is 10.1. The maximum atomic E-state index is 12.0. The van der Waals surface area contributed by atoms with Gasteiger partial charge < -0.3 is 28.8 Å². The van der Waals surface area contributed by atoms with Crippen LogP contribution in [0.1, 0.15) is 21.0 Å². The van der Waals surface area contributed by atoms with Crippen molar-refractivity contribution in [3.8, 4) is 34.5 Å². The van der Waals surface area contributed by atoms with Crippen LogP contribution in [0.15, 0.2) is 53.4 Å². The molecule has 9 nitrogen and oxygen atoms in total. The molecule has 0 unspecified atom stereocenters. The average molecular weight is 592 g/mol. The van der Waals surface area contributed by atoms with Crippen molar-refractivity contribution in [3.05, 3.63) is 69.8 Å². The minimum atomic E-state index is -0.435. The molecule has 0 aliphatic carbocycles. The number of ether oxygens (including phenoxy) is 5. The first-order valence-electron chi connectivity index (χ1n) is 11.9. The van der Waals surface area contributed by atoms with E-state index in [4.69, 9.17) is 23.7 Å². The fraction of sp³-hybridized carbons (Fsp3) is 0.333. The van der Waals surface area contributed by atoms with Crippen molar-refractivity contribution in [3.63, 3.8) is 0 Å². The third kappa shape index (κ3) is 6.74. The Morgan fingerprint density at radius 1 is 0.923 bits per heavy atom. The lowest BCUT2D eigenvalue weighted by molar-refractivity contribution is -0.386. The van der Waals surface area contributed by atoms with Gasteiger partial charge in [0.1, 0.15) is 5.75 Å². The van der Waals surface area contributed by atoms with Crippen LogP contribution in [0, 0.1) is 10.1 Å². The summed E-state index contributed by atoms with van der Waals surface area (Å²) in [5, 5.41) is 21.6. The van der Waals surface area contributed by atoms with Crippen molar-refractivity contribution in [1.82, 2.24) is 0 Å². The van der Waals surface area contributed by atoms with Gasteiger partial charge in [-0.25, -0.2) is 0 Å². The summed E-state index contributed by atoms with van der Waals surface area (Å²) in [7, 11) is 6.22. The molecule has 0 saturated carbocycles. The van der Waals surface area contributed by atoms with Gasteiger partial charge in [0.25, 0.3) is 0 Å². The Balaban J connectivity index is 1.50. The van der Waals surface area contributed by atoms with Gasteiger partial charge in [-0.2, -0.15) is 0 Å². The summed E-state index contributed by atoms with van der Waals surface area (Å²) < 4.78 is 27.8. The molecule has 39 heavy (non-hydrogen) atoms. The van der Waals surface area contributed by atoms with E-state index in [9.17, 15) is 15.2 Å². The van der Waals surface area contributed by atoms with E-state index < -0.39 is 4.92 Å². The number of aromatic hydroxyl groups is 1. The van der Waals surface area contributed by atoms with E-state index in [-0.39, 0.29) is 33.6 Å². The molecule has 208 valence electrons. The van der Waals surface area contributed by atoms with Gasteiger partial charge in [0, 0.05) is 27.7 Å². The zero-order valence-electron chi connectivity index (χ0n) is 21.9. The fourth-order valence-corrected chi connectivity index (χ4v) is 8.05. The SMILES string of the molecule is COc1cc([C@H]2CS[C@H](c3cc(OC)c(OCCSc4ccc(O)cc4)c([N+](=O)[O-])c3)S2)cc(OC)c1OC. The highest BCUT2D eigenvalue weighted by molar-refractivity contribution is 8.19. The summed E-state index contributed by atoms with van der Waals surface area (Å²) in [5.41, 5.74) is 1.68. The van der Waals surface area contributed by atoms with Crippen molar-refractivity contribution in [2.75, 3.05) is 46.6 Å². The minimum absolute atomic E-state index is 0.0409. The summed E-state index contributed by atoms with van der Waals surface area (Å²) in [6.07, 6.45) is 0. The highest BCUT2D eigenvalue weighted by atomic mass is 32.2. The number of thioether (sulfide) groups is 3. The predicted octanol–water partition coefficient (Wildman–Crippen LogP) is 6.73. The number of nitro benzene ring substituents is 1. The maximum Gasteiger partial charge on any atom is 0.315 e. The highest BCUT2D eigenvalue weighted by Gasteiger charge is 2.33. The lowest BCUT2D eigenvalue weighted by Gasteiger charge is -2.17. The van der Waals surface area contributed by atoms with Crippen LogP contribution in [-0.4, -0.2) is 56.6 Å². The Bertz CT molecular complexity index is 1280. The number of nitro groups is 1. The van der Waals surface area contributed by atoms with Crippen LogP contribution in [0.25, 0.3) is 0 Å². The third-order valence-corrected chi connectivity index (χ3v) is 10.2. The molecule has 2 atom stereocenters. The Morgan fingerprint density at radius 3 is 2.13 bits per heavy atom. The summed E-state index contributed by atoms with van der Waals surface area (Å²) in [4.78, 5) is 12.5. The molecule has 12 heteroatoms. The van der Waals surface area contributed by atoms with Crippen LogP contribution in [0.4, 0.5) is 5.69 Å². The third-order valence-electron chi connectivity index (χ3n) is 5.93. The molecule has 1 heterocycles. The van der Waals surface area contributed by atoms with Gasteiger partial charge in [0.15, 0.2) is 17.2 Å². The molecule has 1 saturated heterocycles. The molecular formula is C27H29NO8S3. The number of rotatable bonds is 12. The fourth-order valence-electron chi connectivity index (χ4n) is 4.06. The number of methoxy groups -OCH3 is 4. The van der Waals surface area contributed by atoms with Crippen LogP contribution in [0.3, 0.4) is 0 Å². The molecule has 1 N–H and O–H groups in total. The molecule has 4 rings (SSSR count). The van der Waals surface area contributed by atoms with Gasteiger partial charge >= 0.3 is 5.69 Å². The molecule has 0 bridgehead atoms. The molecule has 1 aliphatic heterocycles. The van der Waals surface area contributed by atoms with Crippen LogP contribution < -0.4 is 23.7 Å².